The van der Waals surface area contributed by atoms with Gasteiger partial charge in [0, 0.05) is 0 Å². The molecule has 0 aliphatic heterocycles. The second kappa shape index (κ2) is 3.21. The number of rotatable bonds is 1. The number of nitrogens with zero attached hydrogens (tertiary/aromatic N) is 1. The molecule has 2 amide bonds. The van der Waals surface area contributed by atoms with E-state index in [9.17, 15) is 4.79 Å². The first kappa shape index (κ1) is 7.81. The van der Waals surface area contributed by atoms with Gasteiger partial charge in [0.25, 0.3) is 0 Å². The Morgan fingerprint density at radius 1 is 1.64 bits per heavy atom. The van der Waals surface area contributed by atoms with Crippen LogP contribution in [0.25, 0.3) is 0 Å². The number of primary amides is 1. The molecule has 1 aromatic rings. The van der Waals surface area contributed by atoms with Gasteiger partial charge in [0.05, 0.1) is 11.9 Å². The van der Waals surface area contributed by atoms with Crippen molar-refractivity contribution in [3.8, 4) is 0 Å². The van der Waals surface area contributed by atoms with Gasteiger partial charge >= 0.3 is 6.03 Å². The van der Waals surface area contributed by atoms with Gasteiger partial charge in [0.2, 0.25) is 0 Å². The zero-order valence-electron chi connectivity index (χ0n) is 5.54. The fourth-order valence-electron chi connectivity index (χ4n) is 0.592. The fourth-order valence-corrected chi connectivity index (χ4v) is 0.704. The first-order valence-electron chi connectivity index (χ1n) is 2.86. The van der Waals surface area contributed by atoms with E-state index in [1.165, 1.54) is 6.20 Å². The highest BCUT2D eigenvalue weighted by molar-refractivity contribution is 6.29. The number of pyridine rings is 1. The smallest absolute Gasteiger partial charge is 0.316 e. The zero-order chi connectivity index (χ0) is 8.27. The number of carbonyl (C=O) groups is 1. The van der Waals surface area contributed by atoms with Crippen LogP contribution >= 0.6 is 11.6 Å². The number of urea groups is 1. The first-order chi connectivity index (χ1) is 5.18. The van der Waals surface area contributed by atoms with Crippen LogP contribution in [0.4, 0.5) is 10.5 Å². The van der Waals surface area contributed by atoms with E-state index in [4.69, 9.17) is 17.3 Å². The lowest BCUT2D eigenvalue weighted by Gasteiger charge is -1.98. The summed E-state index contributed by atoms with van der Waals surface area (Å²) in [5.74, 6) is 0. The van der Waals surface area contributed by atoms with Crippen molar-refractivity contribution in [3.05, 3.63) is 23.5 Å². The van der Waals surface area contributed by atoms with Crippen molar-refractivity contribution in [2.24, 2.45) is 5.73 Å². The van der Waals surface area contributed by atoms with Crippen molar-refractivity contribution in [2.45, 2.75) is 0 Å². The molecule has 11 heavy (non-hydrogen) atoms. The van der Waals surface area contributed by atoms with Gasteiger partial charge in [0.1, 0.15) is 5.15 Å². The minimum atomic E-state index is -0.617. The molecule has 5 heteroatoms. The number of nitrogens with two attached hydrogens (primary N) is 1. The van der Waals surface area contributed by atoms with Crippen LogP contribution < -0.4 is 11.1 Å². The average molecular weight is 172 g/mol. The van der Waals surface area contributed by atoms with Crippen LogP contribution in [0.15, 0.2) is 18.3 Å². The average Bonchev–Trinajstić information content (AvgIpc) is 1.93. The monoisotopic (exact) mass is 171 g/mol. The molecular formula is C6H6ClN3O. The summed E-state index contributed by atoms with van der Waals surface area (Å²) in [6.45, 7) is 0. The summed E-state index contributed by atoms with van der Waals surface area (Å²) in [5, 5.41) is 2.72. The Bertz CT molecular complexity index is 259. The minimum Gasteiger partial charge on any atom is -0.351 e. The van der Waals surface area contributed by atoms with Gasteiger partial charge in [-0.3, -0.25) is 0 Å². The van der Waals surface area contributed by atoms with E-state index in [-0.39, 0.29) is 0 Å². The van der Waals surface area contributed by atoms with E-state index in [2.05, 4.69) is 10.3 Å². The molecule has 0 atom stereocenters. The van der Waals surface area contributed by atoms with Crippen molar-refractivity contribution >= 4 is 23.3 Å². The molecule has 0 spiro atoms. The first-order valence-corrected chi connectivity index (χ1v) is 3.24. The van der Waals surface area contributed by atoms with Crippen molar-refractivity contribution in [1.82, 2.24) is 4.98 Å². The minimum absolute atomic E-state index is 0.375. The third-order valence-corrected chi connectivity index (χ3v) is 1.22. The molecule has 0 fully saturated rings. The van der Waals surface area contributed by atoms with Gasteiger partial charge in [-0.2, -0.15) is 0 Å². The molecule has 1 aromatic heterocycles. The summed E-state index contributed by atoms with van der Waals surface area (Å²) in [6.07, 6.45) is 1.42. The zero-order valence-corrected chi connectivity index (χ0v) is 6.30. The second-order valence-electron chi connectivity index (χ2n) is 1.86. The Balaban J connectivity index is 2.74. The highest BCUT2D eigenvalue weighted by Gasteiger charge is 1.94. The van der Waals surface area contributed by atoms with Crippen molar-refractivity contribution < 1.29 is 4.79 Å². The molecule has 3 N–H and O–H groups in total. The Morgan fingerprint density at radius 3 is 2.82 bits per heavy atom. The normalized spacial score (nSPS) is 9.18. The molecule has 0 aliphatic rings. The van der Waals surface area contributed by atoms with Gasteiger partial charge in [-0.05, 0) is 12.1 Å². The number of hydrogen-bond donors (Lipinski definition) is 2. The number of aromatic nitrogens is 1. The molecular weight excluding hydrogens is 166 g/mol. The number of amides is 2. The standard InChI is InChI=1S/C6H6ClN3O/c7-5-2-1-4(3-9-5)10-6(8)11/h1-3H,(H3,8,10,11). The van der Waals surface area contributed by atoms with Crippen molar-refractivity contribution in [2.75, 3.05) is 5.32 Å². The lowest BCUT2D eigenvalue weighted by atomic mass is 10.4. The maximum absolute atomic E-state index is 10.3. The van der Waals surface area contributed by atoms with E-state index >= 15 is 0 Å². The Morgan fingerprint density at radius 2 is 2.36 bits per heavy atom. The van der Waals surface area contributed by atoms with Gasteiger partial charge in [-0.25, -0.2) is 9.78 Å². The highest BCUT2D eigenvalue weighted by atomic mass is 35.5. The van der Waals surface area contributed by atoms with Crippen molar-refractivity contribution in [3.63, 3.8) is 0 Å². The number of hydrogen-bond acceptors (Lipinski definition) is 2. The van der Waals surface area contributed by atoms with Gasteiger partial charge < -0.3 is 11.1 Å². The lowest BCUT2D eigenvalue weighted by molar-refractivity contribution is 0.259. The number of anilines is 1. The largest absolute Gasteiger partial charge is 0.351 e. The van der Waals surface area contributed by atoms with E-state index < -0.39 is 6.03 Å². The number of carbonyl (C=O) groups excluding carboxylic acids is 1. The van der Waals surface area contributed by atoms with Gasteiger partial charge in [-0.15, -0.1) is 0 Å². The second-order valence-corrected chi connectivity index (χ2v) is 2.25. The molecule has 4 nitrogen and oxygen atoms in total. The highest BCUT2D eigenvalue weighted by Crippen LogP contribution is 2.08. The Kier molecular flexibility index (Phi) is 2.28. The molecule has 0 unspecified atom stereocenters. The molecule has 0 radical (unpaired) electrons. The fraction of sp³-hybridized carbons (Fsp3) is 0. The quantitative estimate of drug-likeness (QED) is 0.624. The molecule has 0 saturated carbocycles. The molecule has 1 rings (SSSR count). The summed E-state index contributed by atoms with van der Waals surface area (Å²) in [7, 11) is 0. The van der Waals surface area contributed by atoms with Crippen LogP contribution in [0.1, 0.15) is 0 Å². The summed E-state index contributed by atoms with van der Waals surface area (Å²) >= 11 is 5.49. The van der Waals surface area contributed by atoms with Crippen LogP contribution in [0.5, 0.6) is 0 Å². The van der Waals surface area contributed by atoms with E-state index in [0.29, 0.717) is 10.8 Å². The Hall–Kier alpha value is -1.29. The van der Waals surface area contributed by atoms with Crippen LogP contribution in [0, 0.1) is 0 Å². The maximum atomic E-state index is 10.3. The lowest BCUT2D eigenvalue weighted by Crippen LogP contribution is -2.19. The van der Waals surface area contributed by atoms with Crippen LogP contribution in [0.2, 0.25) is 5.15 Å². The van der Waals surface area contributed by atoms with Gasteiger partial charge in [-0.1, -0.05) is 11.6 Å². The molecule has 1 heterocycles. The molecule has 0 bridgehead atoms. The molecule has 0 saturated heterocycles. The third kappa shape index (κ3) is 2.43. The van der Waals surface area contributed by atoms with Crippen LogP contribution in [0.3, 0.4) is 0 Å². The topological polar surface area (TPSA) is 68.0 Å². The Labute approximate surface area is 68.4 Å². The van der Waals surface area contributed by atoms with Crippen molar-refractivity contribution in [1.29, 1.82) is 0 Å². The third-order valence-electron chi connectivity index (χ3n) is 0.995. The predicted octanol–water partition coefficient (Wildman–Crippen LogP) is 1.23. The van der Waals surface area contributed by atoms with Crippen LogP contribution in [-0.2, 0) is 0 Å². The summed E-state index contributed by atoms with van der Waals surface area (Å²) in [4.78, 5) is 14.0. The molecule has 0 aromatic carbocycles. The number of nitrogens with one attached hydrogen (secondary N) is 1. The van der Waals surface area contributed by atoms with E-state index in [0.717, 1.165) is 0 Å². The van der Waals surface area contributed by atoms with Gasteiger partial charge in [0.15, 0.2) is 0 Å². The SMILES string of the molecule is NC(=O)Nc1ccc(Cl)nc1. The summed E-state index contributed by atoms with van der Waals surface area (Å²) in [6, 6.07) is 2.56. The predicted molar refractivity (Wildman–Crippen MR) is 42.5 cm³/mol. The maximum Gasteiger partial charge on any atom is 0.316 e. The van der Waals surface area contributed by atoms with Crippen LogP contribution in [-0.4, -0.2) is 11.0 Å². The molecule has 0 aliphatic carbocycles. The summed E-state index contributed by atoms with van der Waals surface area (Å²) < 4.78 is 0. The summed E-state index contributed by atoms with van der Waals surface area (Å²) in [5.41, 5.74) is 5.38. The number of halogens is 1. The van der Waals surface area contributed by atoms with E-state index in [1.807, 2.05) is 0 Å². The molecule has 58 valence electrons. The van der Waals surface area contributed by atoms with E-state index in [1.54, 1.807) is 12.1 Å².